The van der Waals surface area contributed by atoms with E-state index in [0.29, 0.717) is 0 Å². The number of hydrogen-bond acceptors (Lipinski definition) is 2. The van der Waals surface area contributed by atoms with Crippen molar-refractivity contribution in [3.63, 3.8) is 0 Å². The molecule has 0 aliphatic carbocycles. The molecule has 0 aromatic heterocycles. The fraction of sp³-hybridized carbons (Fsp3) is 0. The minimum absolute atomic E-state index is 1.31. The van der Waals surface area contributed by atoms with Crippen molar-refractivity contribution in [2.45, 2.75) is 0 Å². The first kappa shape index (κ1) is 13.5. The summed E-state index contributed by atoms with van der Waals surface area (Å²) in [5.41, 5.74) is 0. The van der Waals surface area contributed by atoms with E-state index >= 15 is 0 Å². The summed E-state index contributed by atoms with van der Waals surface area (Å²) in [6.45, 7) is 0. The van der Waals surface area contributed by atoms with Crippen LogP contribution >= 0.6 is 0 Å². The van der Waals surface area contributed by atoms with Crippen LogP contribution in [0.25, 0.3) is 21.5 Å². The second kappa shape index (κ2) is 5.84. The normalized spacial score (nSPS) is 9.80. The summed E-state index contributed by atoms with van der Waals surface area (Å²) in [7, 11) is 0. The maximum Gasteiger partial charge on any atom is 0.414 e. The Kier molecular flexibility index (Phi) is 3.96. The molecule has 100 valence electrons. The predicted molar refractivity (Wildman–Crippen MR) is 76.7 cm³/mol. The molecule has 2 N–H and O–H groups in total. The lowest BCUT2D eigenvalue weighted by Gasteiger charge is -2.00. The Labute approximate surface area is 114 Å². The molecule has 0 unspecified atom stereocenters. The Morgan fingerprint density at radius 2 is 0.850 bits per heavy atom. The lowest BCUT2D eigenvalue weighted by atomic mass is 10.0. The average molecular weight is 268 g/mol. The van der Waals surface area contributed by atoms with Crippen LogP contribution in [-0.4, -0.2) is 22.2 Å². The first-order valence-electron chi connectivity index (χ1n) is 5.91. The zero-order valence-corrected chi connectivity index (χ0v) is 10.5. The van der Waals surface area contributed by atoms with Gasteiger partial charge in [0.05, 0.1) is 0 Å². The van der Waals surface area contributed by atoms with Crippen LogP contribution in [0.3, 0.4) is 0 Å². The Morgan fingerprint density at radius 1 is 0.600 bits per heavy atom. The monoisotopic (exact) mass is 268 g/mol. The van der Waals surface area contributed by atoms with Crippen LogP contribution in [0.15, 0.2) is 60.7 Å². The molecule has 0 spiro atoms. The first-order valence-corrected chi connectivity index (χ1v) is 5.91. The van der Waals surface area contributed by atoms with Gasteiger partial charge in [-0.2, -0.15) is 0 Å². The second-order valence-electron chi connectivity index (χ2n) is 4.16. The lowest BCUT2D eigenvalue weighted by Crippen LogP contribution is -2.09. The van der Waals surface area contributed by atoms with Gasteiger partial charge < -0.3 is 10.2 Å². The smallest absolute Gasteiger partial charge is 0.414 e. The molecule has 0 aliphatic heterocycles. The van der Waals surface area contributed by atoms with Gasteiger partial charge in [-0.25, -0.2) is 9.59 Å². The molecule has 0 fully saturated rings. The van der Waals surface area contributed by atoms with Crippen molar-refractivity contribution in [1.82, 2.24) is 0 Å². The third-order valence-electron chi connectivity index (χ3n) is 2.80. The van der Waals surface area contributed by atoms with E-state index < -0.39 is 11.9 Å². The van der Waals surface area contributed by atoms with Gasteiger partial charge in [-0.05, 0) is 33.7 Å². The fourth-order valence-electron chi connectivity index (χ4n) is 1.88. The molecular formula is C16H12O4. The number of benzene rings is 3. The van der Waals surface area contributed by atoms with Crippen LogP contribution in [0, 0.1) is 0 Å². The molecule has 0 radical (unpaired) electrons. The van der Waals surface area contributed by atoms with E-state index in [-0.39, 0.29) is 0 Å². The van der Waals surface area contributed by atoms with E-state index in [9.17, 15) is 0 Å². The van der Waals surface area contributed by atoms with Gasteiger partial charge in [-0.15, -0.1) is 0 Å². The quantitative estimate of drug-likeness (QED) is 0.485. The maximum atomic E-state index is 9.10. The van der Waals surface area contributed by atoms with Crippen LogP contribution in [-0.2, 0) is 9.59 Å². The van der Waals surface area contributed by atoms with Crippen molar-refractivity contribution in [3.05, 3.63) is 60.7 Å². The van der Waals surface area contributed by atoms with Gasteiger partial charge >= 0.3 is 11.9 Å². The molecule has 3 aromatic carbocycles. The minimum atomic E-state index is -1.82. The van der Waals surface area contributed by atoms with E-state index in [1.165, 1.54) is 21.5 Å². The van der Waals surface area contributed by atoms with Crippen LogP contribution in [0.4, 0.5) is 0 Å². The molecule has 4 heteroatoms. The van der Waals surface area contributed by atoms with Gasteiger partial charge in [0, 0.05) is 0 Å². The molecule has 3 rings (SSSR count). The third kappa shape index (κ3) is 3.11. The van der Waals surface area contributed by atoms with Gasteiger partial charge in [0.1, 0.15) is 0 Å². The van der Waals surface area contributed by atoms with E-state index in [1.54, 1.807) is 0 Å². The summed E-state index contributed by atoms with van der Waals surface area (Å²) in [6, 6.07) is 21.4. The van der Waals surface area contributed by atoms with Crippen molar-refractivity contribution in [2.75, 3.05) is 0 Å². The molecule has 0 saturated carbocycles. The highest BCUT2D eigenvalue weighted by Gasteiger charge is 2.04. The van der Waals surface area contributed by atoms with E-state index in [4.69, 9.17) is 19.8 Å². The molecule has 0 aliphatic rings. The number of carboxylic acids is 2. The highest BCUT2D eigenvalue weighted by atomic mass is 16.4. The summed E-state index contributed by atoms with van der Waals surface area (Å²) in [4.78, 5) is 18.2. The standard InChI is InChI=1S/C14H10.C2H2O4/c1-2-6-12-10-14-8-4-3-7-13(14)9-11(12)5-1;3-1(4)2(5)6/h1-10H;(H,3,4)(H,5,6). The van der Waals surface area contributed by atoms with Crippen LogP contribution < -0.4 is 0 Å². The minimum Gasteiger partial charge on any atom is -0.473 e. The van der Waals surface area contributed by atoms with Gasteiger partial charge in [0.15, 0.2) is 0 Å². The molecule has 3 aromatic rings. The van der Waals surface area contributed by atoms with E-state index in [0.717, 1.165) is 0 Å². The van der Waals surface area contributed by atoms with Gasteiger partial charge in [-0.3, -0.25) is 0 Å². The second-order valence-corrected chi connectivity index (χ2v) is 4.16. The molecular weight excluding hydrogens is 256 g/mol. The summed E-state index contributed by atoms with van der Waals surface area (Å²) in [6.07, 6.45) is 0. The van der Waals surface area contributed by atoms with Crippen LogP contribution in [0.1, 0.15) is 0 Å². The first-order chi connectivity index (χ1) is 9.58. The fourth-order valence-corrected chi connectivity index (χ4v) is 1.88. The Balaban J connectivity index is 0.000000212. The summed E-state index contributed by atoms with van der Waals surface area (Å²) >= 11 is 0. The van der Waals surface area contributed by atoms with Crippen molar-refractivity contribution >= 4 is 33.5 Å². The third-order valence-corrected chi connectivity index (χ3v) is 2.80. The van der Waals surface area contributed by atoms with Gasteiger partial charge in [0.2, 0.25) is 0 Å². The number of hydrogen-bond donors (Lipinski definition) is 2. The van der Waals surface area contributed by atoms with Gasteiger partial charge in [-0.1, -0.05) is 48.5 Å². The number of carbonyl (C=O) groups is 2. The zero-order chi connectivity index (χ0) is 14.5. The van der Waals surface area contributed by atoms with E-state index in [2.05, 4.69) is 60.7 Å². The van der Waals surface area contributed by atoms with Crippen LogP contribution in [0.2, 0.25) is 0 Å². The molecule has 4 nitrogen and oxygen atoms in total. The summed E-state index contributed by atoms with van der Waals surface area (Å²) < 4.78 is 0. The molecule has 0 heterocycles. The van der Waals surface area contributed by atoms with Crippen molar-refractivity contribution < 1.29 is 19.8 Å². The van der Waals surface area contributed by atoms with Crippen molar-refractivity contribution in [2.24, 2.45) is 0 Å². The molecule has 0 atom stereocenters. The Morgan fingerprint density at radius 3 is 1.05 bits per heavy atom. The maximum absolute atomic E-state index is 9.10. The zero-order valence-electron chi connectivity index (χ0n) is 10.5. The average Bonchev–Trinajstić information content (AvgIpc) is 2.45. The Bertz CT molecular complexity index is 660. The van der Waals surface area contributed by atoms with E-state index in [1.807, 2.05) is 0 Å². The topological polar surface area (TPSA) is 74.6 Å². The lowest BCUT2D eigenvalue weighted by molar-refractivity contribution is -0.159. The number of rotatable bonds is 0. The van der Waals surface area contributed by atoms with Crippen molar-refractivity contribution in [1.29, 1.82) is 0 Å². The molecule has 0 bridgehead atoms. The largest absolute Gasteiger partial charge is 0.473 e. The van der Waals surface area contributed by atoms with Gasteiger partial charge in [0.25, 0.3) is 0 Å². The van der Waals surface area contributed by atoms with Crippen molar-refractivity contribution in [3.8, 4) is 0 Å². The van der Waals surface area contributed by atoms with Crippen LogP contribution in [0.5, 0.6) is 0 Å². The Hall–Kier alpha value is -2.88. The SMILES string of the molecule is O=C(O)C(=O)O.c1ccc2cc3ccccc3cc2c1. The number of aliphatic carboxylic acids is 2. The number of carboxylic acid groups (broad SMARTS) is 2. The highest BCUT2D eigenvalue weighted by Crippen LogP contribution is 2.21. The molecule has 20 heavy (non-hydrogen) atoms. The highest BCUT2D eigenvalue weighted by molar-refractivity contribution is 6.27. The molecule has 0 saturated heterocycles. The summed E-state index contributed by atoms with van der Waals surface area (Å²) in [5.74, 6) is -3.65. The predicted octanol–water partition coefficient (Wildman–Crippen LogP) is 3.15. The molecule has 0 amide bonds. The summed E-state index contributed by atoms with van der Waals surface area (Å²) in [5, 5.41) is 20.0. The number of fused-ring (bicyclic) bond motifs is 2.